The Kier molecular flexibility index (Phi) is 15.5. The number of aryl methyl sites for hydroxylation is 3. The molecule has 0 aliphatic heterocycles. The number of aromatic amines is 1. The van der Waals surface area contributed by atoms with Gasteiger partial charge < -0.3 is 4.98 Å². The van der Waals surface area contributed by atoms with Gasteiger partial charge in [-0.3, -0.25) is 4.79 Å². The van der Waals surface area contributed by atoms with E-state index in [2.05, 4.69) is 56.1 Å². The third kappa shape index (κ3) is 12.1. The maximum Gasteiger partial charge on any atom is 0.164 e. The van der Waals surface area contributed by atoms with Crippen molar-refractivity contribution < 1.29 is 4.79 Å². The van der Waals surface area contributed by atoms with Crippen LogP contribution < -0.4 is 0 Å². The number of ketones is 1. The van der Waals surface area contributed by atoms with Crippen LogP contribution in [0.15, 0.2) is 30.3 Å². The normalized spacial score (nSPS) is 11.3. The van der Waals surface area contributed by atoms with E-state index in [1.165, 1.54) is 107 Å². The first-order chi connectivity index (χ1) is 17.1. The molecule has 0 amide bonds. The summed E-state index contributed by atoms with van der Waals surface area (Å²) in [5, 5.41) is 0. The Hall–Kier alpha value is -1.83. The molecule has 1 heterocycles. The quantitative estimate of drug-likeness (QED) is 0.140. The van der Waals surface area contributed by atoms with Gasteiger partial charge in [0.15, 0.2) is 5.78 Å². The fraction of sp³-hybridized carbons (Fsp3) is 0.667. The van der Waals surface area contributed by atoms with E-state index in [0.29, 0.717) is 12.2 Å². The molecule has 2 heteroatoms. The minimum atomic E-state index is 0.334. The van der Waals surface area contributed by atoms with Crippen LogP contribution in [0.5, 0.6) is 0 Å². The fourth-order valence-corrected chi connectivity index (χ4v) is 5.38. The van der Waals surface area contributed by atoms with Crippen LogP contribution in [-0.4, -0.2) is 10.8 Å². The number of unbranched alkanes of at least 4 members (excludes halogenated alkanes) is 14. The molecule has 0 bridgehead atoms. The molecule has 0 unspecified atom stereocenters. The Morgan fingerprint density at radius 3 is 1.71 bits per heavy atom. The number of carbonyl (C=O) groups is 1. The standard InChI is InChI=1S/C33H53NO/c1-4-5-6-7-8-9-10-11-12-13-14-15-16-17-21-27-32(35)33-28(2)31(34-29(33)3)26-22-25-30-23-19-18-20-24-30/h18-20,23-24,34H,4-17,21-22,25-27H2,1-3H3. The average Bonchev–Trinajstić information content (AvgIpc) is 3.14. The van der Waals surface area contributed by atoms with Crippen molar-refractivity contribution in [3.63, 3.8) is 0 Å². The Bertz CT molecular complexity index is 804. The van der Waals surface area contributed by atoms with Crippen molar-refractivity contribution in [2.24, 2.45) is 0 Å². The molecule has 0 saturated heterocycles. The molecule has 0 spiro atoms. The molecule has 1 aromatic heterocycles. The zero-order valence-electron chi connectivity index (χ0n) is 23.2. The summed E-state index contributed by atoms with van der Waals surface area (Å²) in [4.78, 5) is 16.4. The molecule has 0 saturated carbocycles. The van der Waals surface area contributed by atoms with Gasteiger partial charge >= 0.3 is 0 Å². The van der Waals surface area contributed by atoms with Crippen LogP contribution in [-0.2, 0) is 12.8 Å². The first-order valence-corrected chi connectivity index (χ1v) is 14.9. The zero-order valence-corrected chi connectivity index (χ0v) is 23.2. The Balaban J connectivity index is 1.51. The van der Waals surface area contributed by atoms with Crippen LogP contribution in [0.3, 0.4) is 0 Å². The van der Waals surface area contributed by atoms with Gasteiger partial charge in [-0.05, 0) is 50.7 Å². The van der Waals surface area contributed by atoms with E-state index in [0.717, 1.165) is 36.9 Å². The van der Waals surface area contributed by atoms with Gasteiger partial charge in [-0.25, -0.2) is 0 Å². The molecular weight excluding hydrogens is 426 g/mol. The second kappa shape index (κ2) is 18.4. The van der Waals surface area contributed by atoms with E-state index < -0.39 is 0 Å². The molecule has 2 nitrogen and oxygen atoms in total. The van der Waals surface area contributed by atoms with Gasteiger partial charge in [0.1, 0.15) is 0 Å². The number of carbonyl (C=O) groups excluding carboxylic acids is 1. The average molecular weight is 480 g/mol. The number of benzene rings is 1. The number of nitrogens with one attached hydrogen (secondary N) is 1. The predicted molar refractivity (Wildman–Crippen MR) is 153 cm³/mol. The van der Waals surface area contributed by atoms with Crippen molar-refractivity contribution >= 4 is 5.78 Å². The summed E-state index contributed by atoms with van der Waals surface area (Å²) in [6.45, 7) is 6.48. The molecule has 0 aliphatic carbocycles. The molecule has 0 atom stereocenters. The lowest BCUT2D eigenvalue weighted by atomic mass is 9.98. The summed E-state index contributed by atoms with van der Waals surface area (Å²) < 4.78 is 0. The van der Waals surface area contributed by atoms with Gasteiger partial charge in [0.05, 0.1) is 0 Å². The molecule has 2 rings (SSSR count). The Morgan fingerprint density at radius 2 is 1.17 bits per heavy atom. The maximum absolute atomic E-state index is 12.9. The first kappa shape index (κ1) is 29.4. The summed E-state index contributed by atoms with van der Waals surface area (Å²) in [5.74, 6) is 0.334. The van der Waals surface area contributed by atoms with Gasteiger partial charge in [0.25, 0.3) is 0 Å². The van der Waals surface area contributed by atoms with Crippen LogP contribution >= 0.6 is 0 Å². The van der Waals surface area contributed by atoms with Crippen molar-refractivity contribution in [1.82, 2.24) is 4.98 Å². The van der Waals surface area contributed by atoms with E-state index in [1.807, 2.05) is 0 Å². The third-order valence-corrected chi connectivity index (χ3v) is 7.56. The van der Waals surface area contributed by atoms with Gasteiger partial charge in [-0.15, -0.1) is 0 Å². The zero-order chi connectivity index (χ0) is 25.1. The number of H-pyrrole nitrogens is 1. The highest BCUT2D eigenvalue weighted by molar-refractivity contribution is 5.98. The predicted octanol–water partition coefficient (Wildman–Crippen LogP) is 10.3. The van der Waals surface area contributed by atoms with Crippen molar-refractivity contribution in [3.8, 4) is 0 Å². The summed E-state index contributed by atoms with van der Waals surface area (Å²) in [6.07, 6.45) is 24.3. The molecule has 35 heavy (non-hydrogen) atoms. The molecule has 0 fully saturated rings. The largest absolute Gasteiger partial charge is 0.362 e. The van der Waals surface area contributed by atoms with E-state index in [4.69, 9.17) is 0 Å². The number of hydrogen-bond donors (Lipinski definition) is 1. The Morgan fingerprint density at radius 1 is 0.657 bits per heavy atom. The van der Waals surface area contributed by atoms with Crippen LogP contribution in [0.1, 0.15) is 149 Å². The number of Topliss-reactive ketones (excluding diaryl/α,β-unsaturated/α-hetero) is 1. The van der Waals surface area contributed by atoms with E-state index in [1.54, 1.807) is 0 Å². The van der Waals surface area contributed by atoms with Gasteiger partial charge in [-0.2, -0.15) is 0 Å². The van der Waals surface area contributed by atoms with Gasteiger partial charge in [0, 0.05) is 23.4 Å². The highest BCUT2D eigenvalue weighted by Gasteiger charge is 2.17. The molecule has 196 valence electrons. The maximum atomic E-state index is 12.9. The van der Waals surface area contributed by atoms with Crippen molar-refractivity contribution in [1.29, 1.82) is 0 Å². The lowest BCUT2D eigenvalue weighted by Gasteiger charge is -2.05. The molecule has 2 aromatic rings. The van der Waals surface area contributed by atoms with Crippen molar-refractivity contribution in [2.75, 3.05) is 0 Å². The van der Waals surface area contributed by atoms with Crippen LogP contribution in [0.2, 0.25) is 0 Å². The van der Waals surface area contributed by atoms with Gasteiger partial charge in [0.2, 0.25) is 0 Å². The first-order valence-electron chi connectivity index (χ1n) is 14.9. The molecule has 1 N–H and O–H groups in total. The smallest absolute Gasteiger partial charge is 0.164 e. The number of hydrogen-bond acceptors (Lipinski definition) is 1. The van der Waals surface area contributed by atoms with E-state index in [9.17, 15) is 4.79 Å². The highest BCUT2D eigenvalue weighted by atomic mass is 16.1. The highest BCUT2D eigenvalue weighted by Crippen LogP contribution is 2.23. The SMILES string of the molecule is CCCCCCCCCCCCCCCCCC(=O)c1c(C)[nH]c(CCCc2ccccc2)c1C. The van der Waals surface area contributed by atoms with Crippen LogP contribution in [0, 0.1) is 13.8 Å². The summed E-state index contributed by atoms with van der Waals surface area (Å²) in [7, 11) is 0. The molecule has 0 aliphatic rings. The van der Waals surface area contributed by atoms with Crippen LogP contribution in [0.4, 0.5) is 0 Å². The number of rotatable bonds is 21. The lowest BCUT2D eigenvalue weighted by molar-refractivity contribution is 0.0978. The summed E-state index contributed by atoms with van der Waals surface area (Å²) in [5.41, 5.74) is 5.84. The van der Waals surface area contributed by atoms with E-state index in [-0.39, 0.29) is 0 Å². The fourth-order valence-electron chi connectivity index (χ4n) is 5.38. The minimum Gasteiger partial charge on any atom is -0.362 e. The van der Waals surface area contributed by atoms with E-state index >= 15 is 0 Å². The monoisotopic (exact) mass is 479 g/mol. The van der Waals surface area contributed by atoms with Crippen molar-refractivity contribution in [3.05, 3.63) is 58.4 Å². The molecule has 1 aromatic carbocycles. The van der Waals surface area contributed by atoms with Gasteiger partial charge in [-0.1, -0.05) is 127 Å². The molecular formula is C33H53NO. The second-order valence-corrected chi connectivity index (χ2v) is 10.7. The third-order valence-electron chi connectivity index (χ3n) is 7.56. The topological polar surface area (TPSA) is 32.9 Å². The minimum absolute atomic E-state index is 0.334. The summed E-state index contributed by atoms with van der Waals surface area (Å²) >= 11 is 0. The second-order valence-electron chi connectivity index (χ2n) is 10.7. The van der Waals surface area contributed by atoms with Crippen LogP contribution in [0.25, 0.3) is 0 Å². The van der Waals surface area contributed by atoms with Crippen molar-refractivity contribution in [2.45, 2.75) is 143 Å². The summed E-state index contributed by atoms with van der Waals surface area (Å²) in [6, 6.07) is 10.7. The lowest BCUT2D eigenvalue weighted by Crippen LogP contribution is -2.02. The Labute approximate surface area is 216 Å². The number of aromatic nitrogens is 1. The molecule has 0 radical (unpaired) electrons.